The van der Waals surface area contributed by atoms with Crippen molar-refractivity contribution < 1.29 is 9.21 Å². The Labute approximate surface area is 144 Å². The van der Waals surface area contributed by atoms with Gasteiger partial charge in [-0.05, 0) is 36.8 Å². The van der Waals surface area contributed by atoms with E-state index in [1.807, 2.05) is 28.2 Å². The maximum atomic E-state index is 12.6. The first-order valence-electron chi connectivity index (χ1n) is 8.16. The van der Waals surface area contributed by atoms with Crippen LogP contribution in [0.2, 0.25) is 0 Å². The molecule has 2 fully saturated rings. The smallest absolute Gasteiger partial charge is 0.264 e. The largest absolute Gasteiger partial charge is 0.423 e. The fraction of sp³-hybridized carbons (Fsp3) is 0.471. The van der Waals surface area contributed by atoms with Crippen molar-refractivity contribution in [1.29, 1.82) is 5.26 Å². The third-order valence-electron chi connectivity index (χ3n) is 4.57. The van der Waals surface area contributed by atoms with Crippen molar-refractivity contribution in [2.24, 2.45) is 0 Å². The Balaban J connectivity index is 1.46. The molecule has 124 valence electrons. The molecule has 1 aliphatic carbocycles. The minimum absolute atomic E-state index is 0.0962. The van der Waals surface area contributed by atoms with Gasteiger partial charge in [0.05, 0.1) is 4.88 Å². The molecule has 2 aromatic heterocycles. The first-order chi connectivity index (χ1) is 11.7. The molecule has 7 heteroatoms. The number of piperazine rings is 1. The maximum absolute atomic E-state index is 12.6. The second-order valence-corrected chi connectivity index (χ2v) is 7.22. The van der Waals surface area contributed by atoms with Crippen LogP contribution in [0.3, 0.4) is 0 Å². The molecule has 2 aromatic rings. The van der Waals surface area contributed by atoms with Crippen LogP contribution in [-0.4, -0.2) is 42.0 Å². The summed E-state index contributed by atoms with van der Waals surface area (Å²) < 4.78 is 5.85. The molecule has 1 amide bonds. The highest BCUT2D eigenvalue weighted by molar-refractivity contribution is 7.12. The van der Waals surface area contributed by atoms with Gasteiger partial charge in [0.25, 0.3) is 5.91 Å². The predicted octanol–water partition coefficient (Wildman–Crippen LogP) is 2.76. The van der Waals surface area contributed by atoms with Crippen molar-refractivity contribution in [2.75, 3.05) is 31.1 Å². The monoisotopic (exact) mass is 342 g/mol. The molecule has 1 saturated carbocycles. The molecule has 4 rings (SSSR count). The number of nitriles is 1. The number of rotatable bonds is 3. The highest BCUT2D eigenvalue weighted by Gasteiger charge is 2.33. The Morgan fingerprint density at radius 3 is 2.71 bits per heavy atom. The summed E-state index contributed by atoms with van der Waals surface area (Å²) in [5, 5.41) is 11.2. The van der Waals surface area contributed by atoms with E-state index in [0.717, 1.165) is 23.3 Å². The number of oxazole rings is 1. The summed E-state index contributed by atoms with van der Waals surface area (Å²) in [6.07, 6.45) is 2.18. The molecule has 2 aliphatic rings. The molecule has 0 radical (unpaired) electrons. The van der Waals surface area contributed by atoms with Crippen LogP contribution >= 0.6 is 11.3 Å². The Hall–Kier alpha value is -2.33. The predicted molar refractivity (Wildman–Crippen MR) is 90.4 cm³/mol. The average Bonchev–Trinajstić information content (AvgIpc) is 3.23. The molecule has 6 nitrogen and oxygen atoms in total. The van der Waals surface area contributed by atoms with E-state index in [2.05, 4.69) is 11.1 Å². The number of amides is 1. The van der Waals surface area contributed by atoms with Gasteiger partial charge in [-0.3, -0.25) is 4.79 Å². The van der Waals surface area contributed by atoms with Crippen molar-refractivity contribution in [3.05, 3.63) is 33.5 Å². The van der Waals surface area contributed by atoms with E-state index < -0.39 is 0 Å². The van der Waals surface area contributed by atoms with E-state index in [1.165, 1.54) is 11.3 Å². The zero-order chi connectivity index (χ0) is 16.7. The van der Waals surface area contributed by atoms with Gasteiger partial charge in [-0.15, -0.1) is 11.3 Å². The van der Waals surface area contributed by atoms with Gasteiger partial charge < -0.3 is 14.2 Å². The van der Waals surface area contributed by atoms with Crippen LogP contribution in [0.4, 0.5) is 5.88 Å². The van der Waals surface area contributed by atoms with Crippen LogP contribution in [0.15, 0.2) is 15.9 Å². The van der Waals surface area contributed by atoms with E-state index in [9.17, 15) is 10.1 Å². The van der Waals surface area contributed by atoms with Gasteiger partial charge in [0.1, 0.15) is 6.07 Å². The van der Waals surface area contributed by atoms with E-state index >= 15 is 0 Å². The minimum atomic E-state index is 0.0962. The highest BCUT2D eigenvalue weighted by Crippen LogP contribution is 2.41. The van der Waals surface area contributed by atoms with Gasteiger partial charge in [0, 0.05) is 32.1 Å². The molecule has 3 heterocycles. The average molecular weight is 342 g/mol. The number of carbonyl (C=O) groups is 1. The first kappa shape index (κ1) is 15.2. The standard InChI is InChI=1S/C17H18N4O2S/c1-11-4-9-24-14(11)16(22)20-5-7-21(8-6-20)17-13(10-18)19-15(23-17)12-2-3-12/h4,9,12H,2-3,5-8H2,1H3. The lowest BCUT2D eigenvalue weighted by molar-refractivity contribution is 0.0749. The fourth-order valence-corrected chi connectivity index (χ4v) is 3.86. The van der Waals surface area contributed by atoms with Gasteiger partial charge in [0.15, 0.2) is 0 Å². The van der Waals surface area contributed by atoms with Gasteiger partial charge in [0.2, 0.25) is 17.5 Å². The Morgan fingerprint density at radius 1 is 1.38 bits per heavy atom. The molecular formula is C17H18N4O2S. The van der Waals surface area contributed by atoms with Crippen LogP contribution in [0.5, 0.6) is 0 Å². The molecular weight excluding hydrogens is 324 g/mol. The molecule has 1 aliphatic heterocycles. The normalized spacial score (nSPS) is 17.8. The lowest BCUT2D eigenvalue weighted by Gasteiger charge is -2.34. The number of thiophene rings is 1. The van der Waals surface area contributed by atoms with Crippen LogP contribution in [0, 0.1) is 18.3 Å². The summed E-state index contributed by atoms with van der Waals surface area (Å²) in [7, 11) is 0. The number of hydrogen-bond acceptors (Lipinski definition) is 6. The van der Waals surface area contributed by atoms with Crippen molar-refractivity contribution in [2.45, 2.75) is 25.7 Å². The quantitative estimate of drug-likeness (QED) is 0.857. The van der Waals surface area contributed by atoms with E-state index in [0.29, 0.717) is 49.6 Å². The molecule has 0 aromatic carbocycles. The summed E-state index contributed by atoms with van der Waals surface area (Å²) in [6, 6.07) is 4.11. The number of hydrogen-bond donors (Lipinski definition) is 0. The van der Waals surface area contributed by atoms with Gasteiger partial charge in [-0.1, -0.05) is 0 Å². The second kappa shape index (κ2) is 5.95. The van der Waals surface area contributed by atoms with Crippen LogP contribution < -0.4 is 4.90 Å². The number of carbonyl (C=O) groups excluding carboxylic acids is 1. The molecule has 0 N–H and O–H groups in total. The summed E-state index contributed by atoms with van der Waals surface area (Å²) in [5.74, 6) is 1.74. The third kappa shape index (κ3) is 2.67. The number of nitrogens with zero attached hydrogens (tertiary/aromatic N) is 4. The number of aryl methyl sites for hydroxylation is 1. The van der Waals surface area contributed by atoms with E-state index in [-0.39, 0.29) is 5.91 Å². The lowest BCUT2D eigenvalue weighted by Crippen LogP contribution is -2.48. The fourth-order valence-electron chi connectivity index (χ4n) is 2.97. The SMILES string of the molecule is Cc1ccsc1C(=O)N1CCN(c2oc(C3CC3)nc2C#N)CC1. The molecule has 0 bridgehead atoms. The van der Waals surface area contributed by atoms with Crippen molar-refractivity contribution in [3.8, 4) is 6.07 Å². The van der Waals surface area contributed by atoms with Gasteiger partial charge in [-0.25, -0.2) is 4.98 Å². The molecule has 1 saturated heterocycles. The van der Waals surface area contributed by atoms with Crippen molar-refractivity contribution in [3.63, 3.8) is 0 Å². The van der Waals surface area contributed by atoms with Gasteiger partial charge >= 0.3 is 0 Å². The Morgan fingerprint density at radius 2 is 2.12 bits per heavy atom. The van der Waals surface area contributed by atoms with Crippen molar-refractivity contribution in [1.82, 2.24) is 9.88 Å². The Bertz CT molecular complexity index is 807. The number of anilines is 1. The summed E-state index contributed by atoms with van der Waals surface area (Å²) >= 11 is 1.49. The maximum Gasteiger partial charge on any atom is 0.264 e. The molecule has 0 spiro atoms. The van der Waals surface area contributed by atoms with Crippen LogP contribution in [0.1, 0.15) is 45.6 Å². The molecule has 24 heavy (non-hydrogen) atoms. The highest BCUT2D eigenvalue weighted by atomic mass is 32.1. The third-order valence-corrected chi connectivity index (χ3v) is 5.57. The number of aromatic nitrogens is 1. The topological polar surface area (TPSA) is 73.4 Å². The minimum Gasteiger partial charge on any atom is -0.423 e. The second-order valence-electron chi connectivity index (χ2n) is 6.30. The summed E-state index contributed by atoms with van der Waals surface area (Å²) in [5.41, 5.74) is 1.40. The zero-order valence-electron chi connectivity index (χ0n) is 13.5. The Kier molecular flexibility index (Phi) is 3.77. The van der Waals surface area contributed by atoms with Crippen LogP contribution in [-0.2, 0) is 0 Å². The van der Waals surface area contributed by atoms with Crippen LogP contribution in [0.25, 0.3) is 0 Å². The van der Waals surface area contributed by atoms with E-state index in [4.69, 9.17) is 4.42 Å². The first-order valence-corrected chi connectivity index (χ1v) is 9.04. The lowest BCUT2D eigenvalue weighted by atomic mass is 10.2. The molecule has 0 atom stereocenters. The summed E-state index contributed by atoms with van der Waals surface area (Å²) in [6.45, 7) is 4.53. The van der Waals surface area contributed by atoms with E-state index in [1.54, 1.807) is 0 Å². The molecule has 0 unspecified atom stereocenters. The zero-order valence-corrected chi connectivity index (χ0v) is 14.3. The summed E-state index contributed by atoms with van der Waals surface area (Å²) in [4.78, 5) is 21.6. The van der Waals surface area contributed by atoms with Gasteiger partial charge in [-0.2, -0.15) is 5.26 Å². The van der Waals surface area contributed by atoms with Crippen molar-refractivity contribution >= 4 is 23.1 Å².